The number of hydrogen-bond donors (Lipinski definition) is 0. The van der Waals surface area contributed by atoms with Crippen LogP contribution in [0.25, 0.3) is 0 Å². The van der Waals surface area contributed by atoms with Gasteiger partial charge in [0.05, 0.1) is 13.2 Å². The molecule has 1 aromatic rings. The first-order valence-electron chi connectivity index (χ1n) is 10.4. The van der Waals surface area contributed by atoms with E-state index in [0.29, 0.717) is 11.5 Å². The average Bonchev–Trinajstić information content (AvgIpc) is 2.97. The van der Waals surface area contributed by atoms with Crippen LogP contribution in [0.5, 0.6) is 0 Å². The smallest absolute Gasteiger partial charge is 0.253 e. The van der Waals surface area contributed by atoms with Crippen molar-refractivity contribution >= 4 is 5.91 Å². The second-order valence-electron chi connectivity index (χ2n) is 8.85. The Morgan fingerprint density at radius 3 is 2.63 bits per heavy atom. The average molecular weight is 372 g/mol. The maximum absolute atomic E-state index is 12.8. The van der Waals surface area contributed by atoms with Gasteiger partial charge in [-0.2, -0.15) is 0 Å². The number of likely N-dealkylation sites (tertiary alicyclic amines) is 2. The second-order valence-corrected chi connectivity index (χ2v) is 8.85. The zero-order valence-corrected chi connectivity index (χ0v) is 16.8. The molecule has 5 heteroatoms. The van der Waals surface area contributed by atoms with Crippen molar-refractivity contribution in [1.82, 2.24) is 14.7 Å². The molecule has 1 aromatic carbocycles. The molecule has 5 nitrogen and oxygen atoms in total. The molecule has 148 valence electrons. The zero-order chi connectivity index (χ0) is 18.9. The van der Waals surface area contributed by atoms with Crippen molar-refractivity contribution < 1.29 is 9.53 Å². The monoisotopic (exact) mass is 371 g/mol. The molecule has 3 fully saturated rings. The molecule has 4 rings (SSSR count). The van der Waals surface area contributed by atoms with Crippen LogP contribution in [0.15, 0.2) is 24.3 Å². The van der Waals surface area contributed by atoms with Crippen molar-refractivity contribution in [2.75, 3.05) is 59.5 Å². The molecule has 3 heterocycles. The Morgan fingerprint density at radius 2 is 1.93 bits per heavy atom. The van der Waals surface area contributed by atoms with E-state index in [0.717, 1.165) is 69.9 Å². The van der Waals surface area contributed by atoms with E-state index in [1.54, 1.807) is 0 Å². The fraction of sp³-hybridized carbons (Fsp3) is 0.682. The van der Waals surface area contributed by atoms with Gasteiger partial charge in [0.25, 0.3) is 5.91 Å². The highest BCUT2D eigenvalue weighted by atomic mass is 16.5. The van der Waals surface area contributed by atoms with Crippen LogP contribution >= 0.6 is 0 Å². The summed E-state index contributed by atoms with van der Waals surface area (Å²) in [6, 6.07) is 8.62. The van der Waals surface area contributed by atoms with Gasteiger partial charge in [0.15, 0.2) is 0 Å². The summed E-state index contributed by atoms with van der Waals surface area (Å²) in [6.07, 6.45) is 3.54. The molecule has 1 spiro atoms. The first kappa shape index (κ1) is 18.9. The Morgan fingerprint density at radius 1 is 1.19 bits per heavy atom. The van der Waals surface area contributed by atoms with Gasteiger partial charge in [0, 0.05) is 50.9 Å². The second kappa shape index (κ2) is 7.90. The van der Waals surface area contributed by atoms with Crippen molar-refractivity contribution in [3.63, 3.8) is 0 Å². The first-order chi connectivity index (χ1) is 13.0. The van der Waals surface area contributed by atoms with Gasteiger partial charge in [0.2, 0.25) is 0 Å². The summed E-state index contributed by atoms with van der Waals surface area (Å²) in [5, 5.41) is 0. The lowest BCUT2D eigenvalue weighted by Crippen LogP contribution is -2.44. The van der Waals surface area contributed by atoms with Crippen LogP contribution in [-0.2, 0) is 4.74 Å². The molecule has 1 atom stereocenters. The maximum Gasteiger partial charge on any atom is 0.253 e. The van der Waals surface area contributed by atoms with E-state index in [1.807, 2.05) is 31.2 Å². The van der Waals surface area contributed by atoms with Crippen molar-refractivity contribution in [3.8, 4) is 0 Å². The van der Waals surface area contributed by atoms with Crippen molar-refractivity contribution in [3.05, 3.63) is 35.4 Å². The number of morpholine rings is 1. The fourth-order valence-corrected chi connectivity index (χ4v) is 5.17. The van der Waals surface area contributed by atoms with Crippen LogP contribution in [0, 0.1) is 12.3 Å². The number of ether oxygens (including phenoxy) is 1. The van der Waals surface area contributed by atoms with Crippen molar-refractivity contribution in [2.24, 2.45) is 5.41 Å². The molecule has 1 amide bonds. The molecule has 1 unspecified atom stereocenters. The summed E-state index contributed by atoms with van der Waals surface area (Å²) in [4.78, 5) is 20.0. The van der Waals surface area contributed by atoms with Gasteiger partial charge in [-0.25, -0.2) is 0 Å². The summed E-state index contributed by atoms with van der Waals surface area (Å²) in [5.74, 6) is 0.199. The number of likely N-dealkylation sites (N-methyl/N-ethyl adjacent to an activating group) is 1. The molecule has 3 aliphatic heterocycles. The summed E-state index contributed by atoms with van der Waals surface area (Å²) in [6.45, 7) is 10.0. The molecule has 0 saturated carbocycles. The minimum Gasteiger partial charge on any atom is -0.379 e. The highest BCUT2D eigenvalue weighted by Crippen LogP contribution is 2.43. The van der Waals surface area contributed by atoms with Crippen LogP contribution in [0.4, 0.5) is 0 Å². The van der Waals surface area contributed by atoms with E-state index in [-0.39, 0.29) is 5.91 Å². The normalized spacial score (nSPS) is 26.6. The minimum atomic E-state index is 0.199. The predicted molar refractivity (Wildman–Crippen MR) is 107 cm³/mol. The fourth-order valence-electron chi connectivity index (χ4n) is 5.17. The third-order valence-electron chi connectivity index (χ3n) is 6.83. The lowest BCUT2D eigenvalue weighted by molar-refractivity contribution is 0.0283. The first-order valence-corrected chi connectivity index (χ1v) is 10.4. The van der Waals surface area contributed by atoms with Gasteiger partial charge in [-0.3, -0.25) is 9.69 Å². The standard InChI is InChI=1S/C22H33N3O2/c1-18-4-3-5-19(14-18)21(26)25-8-6-22(7-9-25)15-20(23(2)17-22)16-24-10-12-27-13-11-24/h3-5,14,20H,6-13,15-17H2,1-2H3. The van der Waals surface area contributed by atoms with Gasteiger partial charge in [-0.1, -0.05) is 17.7 Å². The highest BCUT2D eigenvalue weighted by Gasteiger charge is 2.45. The van der Waals surface area contributed by atoms with E-state index < -0.39 is 0 Å². The molecule has 0 aliphatic carbocycles. The number of carbonyl (C=O) groups excluding carboxylic acids is 1. The number of aryl methyl sites for hydroxylation is 1. The zero-order valence-electron chi connectivity index (χ0n) is 16.8. The van der Waals surface area contributed by atoms with E-state index in [9.17, 15) is 4.79 Å². The molecule has 3 aliphatic rings. The summed E-state index contributed by atoms with van der Waals surface area (Å²) in [5.41, 5.74) is 2.38. The van der Waals surface area contributed by atoms with Crippen LogP contribution in [0.2, 0.25) is 0 Å². The third kappa shape index (κ3) is 4.20. The Balaban J connectivity index is 1.33. The van der Waals surface area contributed by atoms with E-state index in [2.05, 4.69) is 21.7 Å². The van der Waals surface area contributed by atoms with Crippen LogP contribution in [-0.4, -0.2) is 86.2 Å². The number of amides is 1. The Hall–Kier alpha value is -1.43. The number of nitrogens with zero attached hydrogens (tertiary/aromatic N) is 3. The predicted octanol–water partition coefficient (Wildman–Crippen LogP) is 2.25. The van der Waals surface area contributed by atoms with Crippen LogP contribution in [0.1, 0.15) is 35.2 Å². The highest BCUT2D eigenvalue weighted by molar-refractivity contribution is 5.94. The maximum atomic E-state index is 12.8. The van der Waals surface area contributed by atoms with Crippen molar-refractivity contribution in [2.45, 2.75) is 32.2 Å². The quantitative estimate of drug-likeness (QED) is 0.817. The topological polar surface area (TPSA) is 36.0 Å². The van der Waals surface area contributed by atoms with Crippen LogP contribution < -0.4 is 0 Å². The SMILES string of the molecule is Cc1cccc(C(=O)N2CCC3(CC2)CC(CN2CCOCC2)N(C)C3)c1. The van der Waals surface area contributed by atoms with Gasteiger partial charge < -0.3 is 14.5 Å². The van der Waals surface area contributed by atoms with Gasteiger partial charge in [-0.15, -0.1) is 0 Å². The summed E-state index contributed by atoms with van der Waals surface area (Å²) in [7, 11) is 2.28. The minimum absolute atomic E-state index is 0.199. The molecule has 27 heavy (non-hydrogen) atoms. The number of benzene rings is 1. The summed E-state index contributed by atoms with van der Waals surface area (Å²) < 4.78 is 5.49. The third-order valence-corrected chi connectivity index (χ3v) is 6.83. The van der Waals surface area contributed by atoms with Gasteiger partial charge in [0.1, 0.15) is 0 Å². The van der Waals surface area contributed by atoms with Crippen LogP contribution in [0.3, 0.4) is 0 Å². The Kier molecular flexibility index (Phi) is 5.53. The lowest BCUT2D eigenvalue weighted by atomic mass is 9.76. The Labute approximate surface area is 163 Å². The molecule has 3 saturated heterocycles. The molecule has 0 N–H and O–H groups in total. The van der Waals surface area contributed by atoms with Gasteiger partial charge in [-0.05, 0) is 50.8 Å². The molecular formula is C22H33N3O2. The van der Waals surface area contributed by atoms with Gasteiger partial charge >= 0.3 is 0 Å². The van der Waals surface area contributed by atoms with E-state index in [1.165, 1.54) is 13.0 Å². The van der Waals surface area contributed by atoms with E-state index >= 15 is 0 Å². The molecule has 0 bridgehead atoms. The summed E-state index contributed by atoms with van der Waals surface area (Å²) >= 11 is 0. The number of carbonyl (C=O) groups is 1. The number of hydrogen-bond acceptors (Lipinski definition) is 4. The molecule has 0 radical (unpaired) electrons. The largest absolute Gasteiger partial charge is 0.379 e. The molecular weight excluding hydrogens is 338 g/mol. The van der Waals surface area contributed by atoms with Crippen molar-refractivity contribution in [1.29, 1.82) is 0 Å². The number of rotatable bonds is 3. The number of piperidine rings is 1. The Bertz CT molecular complexity index is 663. The lowest BCUT2D eigenvalue weighted by Gasteiger charge is -2.39. The molecule has 0 aromatic heterocycles. The van der Waals surface area contributed by atoms with E-state index in [4.69, 9.17) is 4.74 Å².